The Morgan fingerprint density at radius 2 is 1.90 bits per heavy atom. The second-order valence-electron chi connectivity index (χ2n) is 6.95. The maximum absolute atomic E-state index is 13.2. The molecule has 0 bridgehead atoms. The molecule has 1 unspecified atom stereocenters. The zero-order valence-electron chi connectivity index (χ0n) is 16.3. The Kier molecular flexibility index (Phi) is 5.97. The van der Waals surface area contributed by atoms with Gasteiger partial charge < -0.3 is 16.0 Å². The van der Waals surface area contributed by atoms with Crippen molar-refractivity contribution >= 4 is 40.6 Å². The van der Waals surface area contributed by atoms with Gasteiger partial charge in [0.2, 0.25) is 0 Å². The number of carbonyl (C=O) groups is 1. The third kappa shape index (κ3) is 4.15. The Morgan fingerprint density at radius 3 is 2.67 bits per heavy atom. The van der Waals surface area contributed by atoms with Crippen molar-refractivity contribution in [3.05, 3.63) is 87.7 Å². The lowest BCUT2D eigenvalue weighted by Gasteiger charge is -2.30. The maximum atomic E-state index is 13.2. The van der Waals surface area contributed by atoms with Crippen LogP contribution in [0.25, 0.3) is 0 Å². The highest BCUT2D eigenvalue weighted by Crippen LogP contribution is 2.37. The SMILES string of the molecule is CC1=C(C(=O)NCCNc2ccccc2)C(c2ccc(Cl)c(Cl)c2)n2nccc2N1. The second kappa shape index (κ2) is 8.81. The van der Waals surface area contributed by atoms with Gasteiger partial charge in [0.1, 0.15) is 11.9 Å². The van der Waals surface area contributed by atoms with Gasteiger partial charge in [-0.25, -0.2) is 4.68 Å². The number of rotatable bonds is 6. The summed E-state index contributed by atoms with van der Waals surface area (Å²) in [5.74, 6) is 0.651. The normalized spacial score (nSPS) is 15.4. The molecule has 1 aliphatic rings. The molecule has 6 nitrogen and oxygen atoms in total. The minimum absolute atomic E-state index is 0.160. The summed E-state index contributed by atoms with van der Waals surface area (Å²) in [5.41, 5.74) is 3.20. The molecule has 0 radical (unpaired) electrons. The number of nitrogens with zero attached hydrogens (tertiary/aromatic N) is 2. The summed E-state index contributed by atoms with van der Waals surface area (Å²) < 4.78 is 1.78. The van der Waals surface area contributed by atoms with Gasteiger partial charge in [-0.15, -0.1) is 0 Å². The van der Waals surface area contributed by atoms with Crippen LogP contribution in [-0.4, -0.2) is 28.8 Å². The van der Waals surface area contributed by atoms with Crippen LogP contribution in [0.3, 0.4) is 0 Å². The predicted molar refractivity (Wildman–Crippen MR) is 121 cm³/mol. The fraction of sp³-hybridized carbons (Fsp3) is 0.182. The fourth-order valence-corrected chi connectivity index (χ4v) is 3.83. The highest BCUT2D eigenvalue weighted by atomic mass is 35.5. The lowest BCUT2D eigenvalue weighted by Crippen LogP contribution is -2.36. The topological polar surface area (TPSA) is 71.0 Å². The monoisotopic (exact) mass is 441 g/mol. The third-order valence-corrected chi connectivity index (χ3v) is 5.66. The number of benzene rings is 2. The second-order valence-corrected chi connectivity index (χ2v) is 7.76. The number of halogens is 2. The molecule has 2 heterocycles. The molecular weight excluding hydrogens is 421 g/mol. The number of hydrogen-bond acceptors (Lipinski definition) is 4. The van der Waals surface area contributed by atoms with Crippen LogP contribution in [0.4, 0.5) is 11.5 Å². The molecular formula is C22H21Cl2N5O. The van der Waals surface area contributed by atoms with Crippen LogP contribution in [0.1, 0.15) is 18.5 Å². The molecule has 0 saturated heterocycles. The first kappa shape index (κ1) is 20.3. The molecule has 30 heavy (non-hydrogen) atoms. The van der Waals surface area contributed by atoms with Gasteiger partial charge in [0.15, 0.2) is 0 Å². The van der Waals surface area contributed by atoms with E-state index in [0.29, 0.717) is 28.7 Å². The molecule has 4 rings (SSSR count). The van der Waals surface area contributed by atoms with Gasteiger partial charge in [-0.2, -0.15) is 5.10 Å². The van der Waals surface area contributed by atoms with Gasteiger partial charge in [0.25, 0.3) is 5.91 Å². The minimum Gasteiger partial charge on any atom is -0.383 e. The van der Waals surface area contributed by atoms with E-state index >= 15 is 0 Å². The van der Waals surface area contributed by atoms with Gasteiger partial charge in [-0.05, 0) is 36.8 Å². The first-order chi connectivity index (χ1) is 14.5. The molecule has 3 N–H and O–H groups in total. The zero-order valence-corrected chi connectivity index (χ0v) is 17.8. The lowest BCUT2D eigenvalue weighted by atomic mass is 9.95. The number of hydrogen-bond donors (Lipinski definition) is 3. The molecule has 8 heteroatoms. The Morgan fingerprint density at radius 1 is 1.10 bits per heavy atom. The van der Waals surface area contributed by atoms with Gasteiger partial charge in [0.05, 0.1) is 21.8 Å². The molecule has 1 aromatic heterocycles. The average molecular weight is 442 g/mol. The van der Waals surface area contributed by atoms with E-state index in [2.05, 4.69) is 21.0 Å². The van der Waals surface area contributed by atoms with Crippen molar-refractivity contribution in [2.75, 3.05) is 23.7 Å². The fourth-order valence-electron chi connectivity index (χ4n) is 3.52. The van der Waals surface area contributed by atoms with E-state index in [1.807, 2.05) is 49.4 Å². The summed E-state index contributed by atoms with van der Waals surface area (Å²) in [6.45, 7) is 2.97. The third-order valence-electron chi connectivity index (χ3n) is 4.93. The summed E-state index contributed by atoms with van der Waals surface area (Å²) in [6.07, 6.45) is 1.70. The van der Waals surface area contributed by atoms with Crippen LogP contribution < -0.4 is 16.0 Å². The molecule has 2 aromatic carbocycles. The summed E-state index contributed by atoms with van der Waals surface area (Å²) in [7, 11) is 0. The maximum Gasteiger partial charge on any atom is 0.251 e. The van der Waals surface area contributed by atoms with Crippen LogP contribution in [-0.2, 0) is 4.79 Å². The summed E-state index contributed by atoms with van der Waals surface area (Å²) in [5, 5.41) is 14.9. The quantitative estimate of drug-likeness (QED) is 0.484. The van der Waals surface area contributed by atoms with Crippen molar-refractivity contribution in [2.45, 2.75) is 13.0 Å². The van der Waals surface area contributed by atoms with Crippen molar-refractivity contribution in [3.63, 3.8) is 0 Å². The largest absolute Gasteiger partial charge is 0.383 e. The molecule has 3 aromatic rings. The van der Waals surface area contributed by atoms with E-state index in [-0.39, 0.29) is 5.91 Å². The number of anilines is 2. The van der Waals surface area contributed by atoms with Gasteiger partial charge in [-0.1, -0.05) is 47.5 Å². The van der Waals surface area contributed by atoms with Crippen molar-refractivity contribution in [1.29, 1.82) is 0 Å². The molecule has 154 valence electrons. The summed E-state index contributed by atoms with van der Waals surface area (Å²) in [4.78, 5) is 13.2. The highest BCUT2D eigenvalue weighted by Gasteiger charge is 2.32. The standard InChI is InChI=1S/C22H21Cl2N5O/c1-14-20(22(30)26-12-11-25-16-5-3-2-4-6-16)21(29-19(28-14)9-10-27-29)15-7-8-17(23)18(24)13-15/h2-10,13,21,25,28H,11-12H2,1H3,(H,26,30). The number of fused-ring (bicyclic) bond motifs is 1. The van der Waals surface area contributed by atoms with Crippen molar-refractivity contribution in [1.82, 2.24) is 15.1 Å². The van der Waals surface area contributed by atoms with Crippen LogP contribution >= 0.6 is 23.2 Å². The van der Waals surface area contributed by atoms with E-state index in [9.17, 15) is 4.79 Å². The summed E-state index contributed by atoms with van der Waals surface area (Å²) >= 11 is 12.4. The van der Waals surface area contributed by atoms with Gasteiger partial charge in [-0.3, -0.25) is 4.79 Å². The predicted octanol–water partition coefficient (Wildman–Crippen LogP) is 4.71. The Hall–Kier alpha value is -2.96. The lowest BCUT2D eigenvalue weighted by molar-refractivity contribution is -0.117. The Labute approximate surface area is 184 Å². The first-order valence-electron chi connectivity index (χ1n) is 9.58. The van der Waals surface area contributed by atoms with E-state index < -0.39 is 6.04 Å². The first-order valence-corrected chi connectivity index (χ1v) is 10.3. The number of nitrogens with one attached hydrogen (secondary N) is 3. The number of para-hydroxylation sites is 1. The number of carbonyl (C=O) groups excluding carboxylic acids is 1. The van der Waals surface area contributed by atoms with E-state index in [1.54, 1.807) is 23.0 Å². The number of aromatic nitrogens is 2. The molecule has 0 fully saturated rings. The van der Waals surface area contributed by atoms with Crippen molar-refractivity contribution < 1.29 is 4.79 Å². The van der Waals surface area contributed by atoms with Gasteiger partial charge >= 0.3 is 0 Å². The van der Waals surface area contributed by atoms with Crippen LogP contribution in [0, 0.1) is 0 Å². The van der Waals surface area contributed by atoms with E-state index in [0.717, 1.165) is 22.8 Å². The Bertz CT molecular complexity index is 1090. The van der Waals surface area contributed by atoms with E-state index in [4.69, 9.17) is 23.2 Å². The van der Waals surface area contributed by atoms with E-state index in [1.165, 1.54) is 0 Å². The van der Waals surface area contributed by atoms with Crippen LogP contribution in [0.15, 0.2) is 72.1 Å². The van der Waals surface area contributed by atoms with Gasteiger partial charge in [0, 0.05) is 30.5 Å². The molecule has 1 aliphatic heterocycles. The zero-order chi connectivity index (χ0) is 21.1. The van der Waals surface area contributed by atoms with Crippen LogP contribution in [0.5, 0.6) is 0 Å². The molecule has 0 saturated carbocycles. The number of allylic oxidation sites excluding steroid dienone is 1. The minimum atomic E-state index is -0.409. The van der Waals surface area contributed by atoms with Crippen LogP contribution in [0.2, 0.25) is 10.0 Å². The van der Waals surface area contributed by atoms with Crippen molar-refractivity contribution in [3.8, 4) is 0 Å². The smallest absolute Gasteiger partial charge is 0.251 e. The molecule has 1 amide bonds. The molecule has 0 spiro atoms. The van der Waals surface area contributed by atoms with Crippen molar-refractivity contribution in [2.24, 2.45) is 0 Å². The molecule has 0 aliphatic carbocycles. The summed E-state index contributed by atoms with van der Waals surface area (Å²) in [6, 6.07) is 16.7. The highest BCUT2D eigenvalue weighted by molar-refractivity contribution is 6.42. The Balaban J connectivity index is 1.54. The number of amides is 1. The molecule has 1 atom stereocenters. The average Bonchev–Trinajstić information content (AvgIpc) is 3.21.